The van der Waals surface area contributed by atoms with Gasteiger partial charge in [-0.25, -0.2) is 0 Å². The number of carbonyl (C=O) groups is 1. The molecule has 0 radical (unpaired) electrons. The minimum atomic E-state index is -0.516. The Morgan fingerprint density at radius 2 is 1.97 bits per heavy atom. The van der Waals surface area contributed by atoms with Crippen molar-refractivity contribution in [3.05, 3.63) is 86.6 Å². The van der Waals surface area contributed by atoms with Crippen LogP contribution in [0.3, 0.4) is 0 Å². The highest BCUT2D eigenvalue weighted by Gasteiger charge is 2.33. The molecule has 31 heavy (non-hydrogen) atoms. The summed E-state index contributed by atoms with van der Waals surface area (Å²) in [6.07, 6.45) is -0.208. The highest BCUT2D eigenvalue weighted by atomic mass is 35.5. The molecular formula is C23H21ClN2O5. The zero-order valence-corrected chi connectivity index (χ0v) is 17.8. The van der Waals surface area contributed by atoms with E-state index in [-0.39, 0.29) is 34.5 Å². The molecule has 2 aromatic carbocycles. The minimum Gasteiger partial charge on any atom is -0.451 e. The molecule has 160 valence electrons. The van der Waals surface area contributed by atoms with Gasteiger partial charge in [0.05, 0.1) is 29.1 Å². The summed E-state index contributed by atoms with van der Waals surface area (Å²) in [5.41, 5.74) is 2.55. The number of hydrogen-bond donors (Lipinski definition) is 0. The number of rotatable bonds is 4. The van der Waals surface area contributed by atoms with Crippen LogP contribution >= 0.6 is 11.6 Å². The van der Waals surface area contributed by atoms with E-state index in [1.54, 1.807) is 17.0 Å². The van der Waals surface area contributed by atoms with Crippen LogP contribution in [-0.4, -0.2) is 34.9 Å². The van der Waals surface area contributed by atoms with Crippen molar-refractivity contribution in [3.8, 4) is 11.3 Å². The van der Waals surface area contributed by atoms with Crippen molar-refractivity contribution in [2.45, 2.75) is 26.0 Å². The van der Waals surface area contributed by atoms with Gasteiger partial charge in [-0.3, -0.25) is 14.9 Å². The standard InChI is InChI=1S/C23H21ClN2O5/c1-14-5-3-4-6-17(14)22-12-25(15(2)13-30-22)23(27)21-10-9-20(31-21)18-8-7-16(26(28)29)11-19(18)24/h3-11,15,22H,12-13H2,1-2H3/t15-,22-/m0/s1. The van der Waals surface area contributed by atoms with Crippen LogP contribution in [0.25, 0.3) is 11.3 Å². The number of ether oxygens (including phenoxy) is 1. The SMILES string of the molecule is Cc1ccccc1[C@@H]1CN(C(=O)c2ccc(-c3ccc([N+](=O)[O-])cc3Cl)o2)[C@@H](C)CO1. The molecule has 0 unspecified atom stereocenters. The van der Waals surface area contributed by atoms with E-state index in [2.05, 4.69) is 0 Å². The third-order valence-corrected chi connectivity index (χ3v) is 5.79. The van der Waals surface area contributed by atoms with Gasteiger partial charge in [0.1, 0.15) is 11.9 Å². The molecule has 0 saturated carbocycles. The van der Waals surface area contributed by atoms with Crippen LogP contribution in [0.4, 0.5) is 5.69 Å². The van der Waals surface area contributed by atoms with Gasteiger partial charge in [-0.05, 0) is 43.2 Å². The van der Waals surface area contributed by atoms with Gasteiger partial charge in [-0.15, -0.1) is 0 Å². The van der Waals surface area contributed by atoms with Crippen LogP contribution in [0.1, 0.15) is 34.7 Å². The van der Waals surface area contributed by atoms with E-state index >= 15 is 0 Å². The summed E-state index contributed by atoms with van der Waals surface area (Å²) in [5.74, 6) is 0.319. The van der Waals surface area contributed by atoms with Gasteiger partial charge in [0, 0.05) is 17.7 Å². The lowest BCUT2D eigenvalue weighted by Crippen LogP contribution is -2.48. The third kappa shape index (κ3) is 4.19. The Morgan fingerprint density at radius 1 is 1.19 bits per heavy atom. The fraction of sp³-hybridized carbons (Fsp3) is 0.261. The molecule has 7 nitrogen and oxygen atoms in total. The number of nitrogens with zero attached hydrogens (tertiary/aromatic N) is 2. The summed E-state index contributed by atoms with van der Waals surface area (Å²) in [6, 6.07) is 15.2. The van der Waals surface area contributed by atoms with Crippen molar-refractivity contribution in [1.29, 1.82) is 0 Å². The second-order valence-corrected chi connectivity index (χ2v) is 7.98. The van der Waals surface area contributed by atoms with Crippen molar-refractivity contribution >= 4 is 23.2 Å². The van der Waals surface area contributed by atoms with E-state index in [1.807, 2.05) is 38.1 Å². The van der Waals surface area contributed by atoms with Crippen LogP contribution in [0, 0.1) is 17.0 Å². The number of benzene rings is 2. The summed E-state index contributed by atoms with van der Waals surface area (Å²) < 4.78 is 11.8. The van der Waals surface area contributed by atoms with Crippen LogP contribution in [0.5, 0.6) is 0 Å². The third-order valence-electron chi connectivity index (χ3n) is 5.48. The van der Waals surface area contributed by atoms with Gasteiger partial charge < -0.3 is 14.1 Å². The molecule has 0 aliphatic carbocycles. The molecule has 1 aromatic heterocycles. The Kier molecular flexibility index (Phi) is 5.80. The van der Waals surface area contributed by atoms with E-state index < -0.39 is 4.92 Å². The maximum Gasteiger partial charge on any atom is 0.290 e. The Labute approximate surface area is 184 Å². The monoisotopic (exact) mass is 440 g/mol. The normalized spacial score (nSPS) is 18.7. The van der Waals surface area contributed by atoms with E-state index in [0.717, 1.165) is 11.1 Å². The lowest BCUT2D eigenvalue weighted by Gasteiger charge is -2.38. The summed E-state index contributed by atoms with van der Waals surface area (Å²) in [6.45, 7) is 4.80. The maximum atomic E-state index is 13.2. The average molecular weight is 441 g/mol. The maximum absolute atomic E-state index is 13.2. The van der Waals surface area contributed by atoms with Gasteiger partial charge >= 0.3 is 0 Å². The molecule has 0 N–H and O–H groups in total. The second-order valence-electron chi connectivity index (χ2n) is 7.57. The van der Waals surface area contributed by atoms with Crippen molar-refractivity contribution < 1.29 is 18.9 Å². The predicted octanol–water partition coefficient (Wildman–Crippen LogP) is 5.42. The van der Waals surface area contributed by atoms with Gasteiger partial charge in [0.25, 0.3) is 11.6 Å². The second kappa shape index (κ2) is 8.53. The van der Waals surface area contributed by atoms with Crippen LogP contribution in [0.2, 0.25) is 5.02 Å². The highest BCUT2D eigenvalue weighted by Crippen LogP contribution is 2.33. The van der Waals surface area contributed by atoms with E-state index in [9.17, 15) is 14.9 Å². The molecule has 4 rings (SSSR count). The van der Waals surface area contributed by atoms with Crippen molar-refractivity contribution in [1.82, 2.24) is 4.90 Å². The zero-order chi connectivity index (χ0) is 22.1. The zero-order valence-electron chi connectivity index (χ0n) is 17.1. The molecule has 3 aromatic rings. The smallest absolute Gasteiger partial charge is 0.290 e. The molecule has 1 fully saturated rings. The number of hydrogen-bond acceptors (Lipinski definition) is 5. The molecule has 0 spiro atoms. The minimum absolute atomic E-state index is 0.107. The molecule has 1 aliphatic heterocycles. The Balaban J connectivity index is 1.56. The van der Waals surface area contributed by atoms with E-state index in [4.69, 9.17) is 20.8 Å². The molecule has 1 saturated heterocycles. The largest absolute Gasteiger partial charge is 0.451 e. The summed E-state index contributed by atoms with van der Waals surface area (Å²) in [5, 5.41) is 11.1. The predicted molar refractivity (Wildman–Crippen MR) is 116 cm³/mol. The lowest BCUT2D eigenvalue weighted by atomic mass is 10.0. The fourth-order valence-electron chi connectivity index (χ4n) is 3.73. The Hall–Kier alpha value is -3.16. The first-order chi connectivity index (χ1) is 14.8. The quantitative estimate of drug-likeness (QED) is 0.399. The highest BCUT2D eigenvalue weighted by molar-refractivity contribution is 6.33. The van der Waals surface area contributed by atoms with E-state index in [1.165, 1.54) is 18.2 Å². The summed E-state index contributed by atoms with van der Waals surface area (Å²) in [4.78, 5) is 25.3. The number of furan rings is 1. The number of nitro benzene ring substituents is 1. The molecule has 2 heterocycles. The first-order valence-corrected chi connectivity index (χ1v) is 10.2. The van der Waals surface area contributed by atoms with Crippen LogP contribution in [-0.2, 0) is 4.74 Å². The van der Waals surface area contributed by atoms with Gasteiger partial charge in [0.2, 0.25) is 0 Å². The van der Waals surface area contributed by atoms with Crippen molar-refractivity contribution in [2.75, 3.05) is 13.2 Å². The number of nitro groups is 1. The molecule has 8 heteroatoms. The topological polar surface area (TPSA) is 85.8 Å². The first kappa shape index (κ1) is 21.1. The van der Waals surface area contributed by atoms with Crippen molar-refractivity contribution in [2.24, 2.45) is 0 Å². The summed E-state index contributed by atoms with van der Waals surface area (Å²) in [7, 11) is 0. The Morgan fingerprint density at radius 3 is 2.68 bits per heavy atom. The number of aryl methyl sites for hydroxylation is 1. The molecule has 1 aliphatic rings. The number of non-ortho nitro benzene ring substituents is 1. The number of morpholine rings is 1. The summed E-state index contributed by atoms with van der Waals surface area (Å²) >= 11 is 6.19. The number of carbonyl (C=O) groups excluding carboxylic acids is 1. The van der Waals surface area contributed by atoms with Gasteiger partial charge in [-0.2, -0.15) is 0 Å². The number of amides is 1. The lowest BCUT2D eigenvalue weighted by molar-refractivity contribution is -0.384. The first-order valence-electron chi connectivity index (χ1n) is 9.87. The fourth-order valence-corrected chi connectivity index (χ4v) is 4.00. The number of halogens is 1. The average Bonchev–Trinajstić information content (AvgIpc) is 3.24. The van der Waals surface area contributed by atoms with Gasteiger partial charge in [0.15, 0.2) is 5.76 Å². The van der Waals surface area contributed by atoms with Gasteiger partial charge in [-0.1, -0.05) is 35.9 Å². The Bertz CT molecular complexity index is 1140. The van der Waals surface area contributed by atoms with E-state index in [0.29, 0.717) is 24.5 Å². The van der Waals surface area contributed by atoms with Crippen molar-refractivity contribution in [3.63, 3.8) is 0 Å². The molecular weight excluding hydrogens is 420 g/mol. The van der Waals surface area contributed by atoms with Crippen LogP contribution < -0.4 is 0 Å². The van der Waals surface area contributed by atoms with Crippen LogP contribution in [0.15, 0.2) is 59.0 Å². The molecule has 1 amide bonds. The molecule has 0 bridgehead atoms. The molecule has 2 atom stereocenters.